The lowest BCUT2D eigenvalue weighted by Crippen LogP contribution is -2.29. The van der Waals surface area contributed by atoms with Gasteiger partial charge in [-0.05, 0) is 45.6 Å². The predicted octanol–water partition coefficient (Wildman–Crippen LogP) is 3.30. The summed E-state index contributed by atoms with van der Waals surface area (Å²) < 4.78 is 18.4. The van der Waals surface area contributed by atoms with Crippen LogP contribution in [0.25, 0.3) is 0 Å². The number of alkyl carbamates (subject to hydrolysis) is 1. The third-order valence-electron chi connectivity index (χ3n) is 3.57. The van der Waals surface area contributed by atoms with Crippen molar-refractivity contribution in [3.63, 3.8) is 0 Å². The number of rotatable bonds is 7. The SMILES string of the molecule is O=C(NCCC(O)C(O)c1ccc(F)c(Br)c1)OCc1ccccc1. The fourth-order valence-corrected chi connectivity index (χ4v) is 2.57. The Hall–Kier alpha value is -1.96. The van der Waals surface area contributed by atoms with E-state index >= 15 is 0 Å². The number of nitrogens with one attached hydrogen (secondary N) is 1. The van der Waals surface area contributed by atoms with Gasteiger partial charge in [0, 0.05) is 6.54 Å². The number of carbonyl (C=O) groups excluding carboxylic acids is 1. The van der Waals surface area contributed by atoms with Gasteiger partial charge in [0.25, 0.3) is 0 Å². The van der Waals surface area contributed by atoms with E-state index in [2.05, 4.69) is 21.2 Å². The summed E-state index contributed by atoms with van der Waals surface area (Å²) in [6.07, 6.45) is -2.77. The summed E-state index contributed by atoms with van der Waals surface area (Å²) >= 11 is 3.03. The molecule has 2 aromatic rings. The zero-order valence-electron chi connectivity index (χ0n) is 13.4. The summed E-state index contributed by atoms with van der Waals surface area (Å²) in [4.78, 5) is 11.6. The second-order valence-corrected chi connectivity index (χ2v) is 6.32. The van der Waals surface area contributed by atoms with Crippen molar-refractivity contribution in [2.75, 3.05) is 6.54 Å². The maximum Gasteiger partial charge on any atom is 0.407 e. The molecule has 134 valence electrons. The minimum absolute atomic E-state index is 0.122. The van der Waals surface area contributed by atoms with Crippen molar-refractivity contribution in [2.45, 2.75) is 25.2 Å². The van der Waals surface area contributed by atoms with Gasteiger partial charge in [-0.3, -0.25) is 0 Å². The normalized spacial score (nSPS) is 13.1. The van der Waals surface area contributed by atoms with E-state index in [-0.39, 0.29) is 24.0 Å². The Morgan fingerprint density at radius 2 is 1.92 bits per heavy atom. The van der Waals surface area contributed by atoms with E-state index in [0.29, 0.717) is 5.56 Å². The van der Waals surface area contributed by atoms with E-state index in [4.69, 9.17) is 4.74 Å². The van der Waals surface area contributed by atoms with Crippen LogP contribution in [0.15, 0.2) is 53.0 Å². The van der Waals surface area contributed by atoms with Crippen molar-refractivity contribution in [3.8, 4) is 0 Å². The van der Waals surface area contributed by atoms with Gasteiger partial charge >= 0.3 is 6.09 Å². The largest absolute Gasteiger partial charge is 0.445 e. The van der Waals surface area contributed by atoms with Crippen molar-refractivity contribution in [1.82, 2.24) is 5.32 Å². The average molecular weight is 412 g/mol. The molecule has 0 aromatic heterocycles. The van der Waals surface area contributed by atoms with Gasteiger partial charge in [0.15, 0.2) is 0 Å². The first kappa shape index (κ1) is 19.4. The first-order chi connectivity index (χ1) is 12.0. The highest BCUT2D eigenvalue weighted by atomic mass is 79.9. The molecular formula is C18H19BrFNO4. The van der Waals surface area contributed by atoms with Crippen molar-refractivity contribution < 1.29 is 24.1 Å². The first-order valence-corrected chi connectivity index (χ1v) is 8.52. The fourth-order valence-electron chi connectivity index (χ4n) is 2.17. The topological polar surface area (TPSA) is 78.8 Å². The molecule has 0 spiro atoms. The number of halogens is 2. The summed E-state index contributed by atoms with van der Waals surface area (Å²) in [6, 6.07) is 13.3. The van der Waals surface area contributed by atoms with Gasteiger partial charge in [-0.1, -0.05) is 36.4 Å². The van der Waals surface area contributed by atoms with Crippen molar-refractivity contribution >= 4 is 22.0 Å². The number of carbonyl (C=O) groups is 1. The third-order valence-corrected chi connectivity index (χ3v) is 4.18. The summed E-state index contributed by atoms with van der Waals surface area (Å²) in [6.45, 7) is 0.287. The fraction of sp³-hybridized carbons (Fsp3) is 0.278. The molecule has 0 radical (unpaired) electrons. The molecule has 0 bridgehead atoms. The summed E-state index contributed by atoms with van der Waals surface area (Å²) in [7, 11) is 0. The number of amides is 1. The van der Waals surface area contributed by atoms with Gasteiger partial charge in [0.1, 0.15) is 18.5 Å². The van der Waals surface area contributed by atoms with Crippen LogP contribution in [-0.2, 0) is 11.3 Å². The second-order valence-electron chi connectivity index (χ2n) is 5.46. The van der Waals surface area contributed by atoms with Crippen LogP contribution >= 0.6 is 15.9 Å². The Balaban J connectivity index is 1.72. The zero-order valence-corrected chi connectivity index (χ0v) is 14.9. The Labute approximate surface area is 153 Å². The molecule has 2 atom stereocenters. The Kier molecular flexibility index (Phi) is 7.36. The van der Waals surface area contributed by atoms with Crippen molar-refractivity contribution in [2.24, 2.45) is 0 Å². The lowest BCUT2D eigenvalue weighted by Gasteiger charge is -2.18. The van der Waals surface area contributed by atoms with Crippen molar-refractivity contribution in [3.05, 3.63) is 69.9 Å². The highest BCUT2D eigenvalue weighted by Crippen LogP contribution is 2.24. The number of aliphatic hydroxyl groups is 2. The molecule has 3 N–H and O–H groups in total. The summed E-state index contributed by atoms with van der Waals surface area (Å²) in [5.74, 6) is -0.451. The molecule has 0 aliphatic heterocycles. The van der Waals surface area contributed by atoms with E-state index < -0.39 is 24.1 Å². The molecule has 2 rings (SSSR count). The summed E-state index contributed by atoms with van der Waals surface area (Å²) in [5, 5.41) is 22.6. The van der Waals surface area contributed by atoms with Crippen LogP contribution in [0, 0.1) is 5.82 Å². The molecule has 0 aliphatic carbocycles. The van der Waals surface area contributed by atoms with E-state index in [9.17, 15) is 19.4 Å². The number of benzene rings is 2. The number of ether oxygens (including phenoxy) is 1. The van der Waals surface area contributed by atoms with Crippen molar-refractivity contribution in [1.29, 1.82) is 0 Å². The number of aliphatic hydroxyl groups excluding tert-OH is 2. The number of hydrogen-bond acceptors (Lipinski definition) is 4. The van der Waals surface area contributed by atoms with Crippen LogP contribution in [-0.4, -0.2) is 29.0 Å². The average Bonchev–Trinajstić information content (AvgIpc) is 2.62. The molecule has 0 fully saturated rings. The minimum atomic E-state index is -1.18. The molecule has 2 unspecified atom stereocenters. The third kappa shape index (κ3) is 6.12. The summed E-state index contributed by atoms with van der Waals surface area (Å²) in [5.41, 5.74) is 1.25. The molecule has 2 aromatic carbocycles. The van der Waals surface area contributed by atoms with Crippen LogP contribution in [0.3, 0.4) is 0 Å². The maximum absolute atomic E-state index is 13.2. The van der Waals surface area contributed by atoms with Crippen LogP contribution in [0.5, 0.6) is 0 Å². The lowest BCUT2D eigenvalue weighted by atomic mass is 10.0. The van der Waals surface area contributed by atoms with Gasteiger partial charge in [-0.2, -0.15) is 0 Å². The van der Waals surface area contributed by atoms with Crippen LogP contribution in [0.1, 0.15) is 23.7 Å². The standard InChI is InChI=1S/C18H19BrFNO4/c19-14-10-13(6-7-15(14)20)17(23)16(22)8-9-21-18(24)25-11-12-4-2-1-3-5-12/h1-7,10,16-17,22-23H,8-9,11H2,(H,21,24). The Morgan fingerprint density at radius 1 is 1.20 bits per heavy atom. The highest BCUT2D eigenvalue weighted by molar-refractivity contribution is 9.10. The molecule has 0 saturated heterocycles. The van der Waals surface area contributed by atoms with Crippen LogP contribution in [0.4, 0.5) is 9.18 Å². The molecule has 0 heterocycles. The predicted molar refractivity (Wildman–Crippen MR) is 94.3 cm³/mol. The van der Waals surface area contributed by atoms with Gasteiger partial charge < -0.3 is 20.3 Å². The van der Waals surface area contributed by atoms with Crippen LogP contribution < -0.4 is 5.32 Å². The van der Waals surface area contributed by atoms with Gasteiger partial charge in [-0.25, -0.2) is 9.18 Å². The lowest BCUT2D eigenvalue weighted by molar-refractivity contribution is 0.0135. The quantitative estimate of drug-likeness (QED) is 0.652. The van der Waals surface area contributed by atoms with E-state index in [1.54, 1.807) is 0 Å². The molecule has 7 heteroatoms. The first-order valence-electron chi connectivity index (χ1n) is 7.73. The molecule has 5 nitrogen and oxygen atoms in total. The number of hydrogen-bond donors (Lipinski definition) is 3. The van der Waals surface area contributed by atoms with E-state index in [1.165, 1.54) is 18.2 Å². The maximum atomic E-state index is 13.2. The molecule has 0 saturated carbocycles. The second kappa shape index (κ2) is 9.50. The van der Waals surface area contributed by atoms with Gasteiger partial charge in [0.05, 0.1) is 10.6 Å². The Morgan fingerprint density at radius 3 is 2.60 bits per heavy atom. The van der Waals surface area contributed by atoms with E-state index in [0.717, 1.165) is 5.56 Å². The van der Waals surface area contributed by atoms with Gasteiger partial charge in [0.2, 0.25) is 0 Å². The molecule has 0 aliphatic rings. The van der Waals surface area contributed by atoms with Crippen LogP contribution in [0.2, 0.25) is 0 Å². The van der Waals surface area contributed by atoms with Gasteiger partial charge in [-0.15, -0.1) is 0 Å². The highest BCUT2D eigenvalue weighted by Gasteiger charge is 2.19. The molecule has 1 amide bonds. The smallest absolute Gasteiger partial charge is 0.407 e. The monoisotopic (exact) mass is 411 g/mol. The Bertz CT molecular complexity index is 699. The molecule has 25 heavy (non-hydrogen) atoms. The zero-order chi connectivity index (χ0) is 18.2. The van der Waals surface area contributed by atoms with E-state index in [1.807, 2.05) is 30.3 Å². The minimum Gasteiger partial charge on any atom is -0.445 e. The molecular weight excluding hydrogens is 393 g/mol.